The fourth-order valence-electron chi connectivity index (χ4n) is 2.78. The first-order valence-electron chi connectivity index (χ1n) is 7.17. The van der Waals surface area contributed by atoms with E-state index < -0.39 is 0 Å². The van der Waals surface area contributed by atoms with Gasteiger partial charge in [-0.05, 0) is 23.4 Å². The number of piperazine rings is 1. The van der Waals surface area contributed by atoms with Gasteiger partial charge in [-0.25, -0.2) is 0 Å². The molecule has 1 aliphatic heterocycles. The highest BCUT2D eigenvalue weighted by Crippen LogP contribution is 2.19. The van der Waals surface area contributed by atoms with Gasteiger partial charge in [-0.1, -0.05) is 42.5 Å². The molecule has 112 valence electrons. The predicted molar refractivity (Wildman–Crippen MR) is 89.0 cm³/mol. The average Bonchev–Trinajstić information content (AvgIpc) is 2.48. The van der Waals surface area contributed by atoms with E-state index in [2.05, 4.69) is 36.2 Å². The van der Waals surface area contributed by atoms with Gasteiger partial charge in [0.25, 0.3) is 0 Å². The molecule has 1 saturated heterocycles. The summed E-state index contributed by atoms with van der Waals surface area (Å²) in [5.41, 5.74) is 1.13. The maximum absolute atomic E-state index is 12.4. The number of fused-ring (bicyclic) bond motifs is 1. The molecule has 1 amide bonds. The minimum atomic E-state index is 0. The Bertz CT molecular complexity index is 616. The van der Waals surface area contributed by atoms with Crippen LogP contribution in [0.25, 0.3) is 10.8 Å². The van der Waals surface area contributed by atoms with Crippen LogP contribution < -0.4 is 0 Å². The van der Waals surface area contributed by atoms with E-state index in [1.807, 2.05) is 23.1 Å². The van der Waals surface area contributed by atoms with E-state index in [4.69, 9.17) is 0 Å². The molecular weight excluding hydrogens is 284 g/mol. The van der Waals surface area contributed by atoms with E-state index >= 15 is 0 Å². The fourth-order valence-corrected chi connectivity index (χ4v) is 2.78. The second-order valence-electron chi connectivity index (χ2n) is 5.50. The van der Waals surface area contributed by atoms with Crippen LogP contribution in [0.5, 0.6) is 0 Å². The van der Waals surface area contributed by atoms with Crippen molar-refractivity contribution >= 4 is 29.1 Å². The van der Waals surface area contributed by atoms with Crippen LogP contribution in [0.1, 0.15) is 5.56 Å². The van der Waals surface area contributed by atoms with Crippen molar-refractivity contribution in [2.45, 2.75) is 6.42 Å². The summed E-state index contributed by atoms with van der Waals surface area (Å²) in [5.74, 6) is 0.245. The van der Waals surface area contributed by atoms with E-state index in [9.17, 15) is 4.79 Å². The molecule has 2 aromatic rings. The largest absolute Gasteiger partial charge is 0.340 e. The summed E-state index contributed by atoms with van der Waals surface area (Å²) < 4.78 is 0. The van der Waals surface area contributed by atoms with E-state index in [0.717, 1.165) is 31.7 Å². The quantitative estimate of drug-likeness (QED) is 0.851. The highest BCUT2D eigenvalue weighted by molar-refractivity contribution is 5.90. The first-order chi connectivity index (χ1) is 9.74. The number of hydrogen-bond donors (Lipinski definition) is 0. The Morgan fingerprint density at radius 3 is 2.43 bits per heavy atom. The standard InChI is InChI=1S/C17H20N2O.ClH/c1-18-9-11-19(12-10-18)17(20)13-15-7-4-6-14-5-2-3-8-16(14)15;/h2-8H,9-13H2,1H3;1H. The molecule has 0 atom stereocenters. The molecule has 4 heteroatoms. The van der Waals surface area contributed by atoms with Gasteiger partial charge in [-0.15, -0.1) is 12.4 Å². The highest BCUT2D eigenvalue weighted by atomic mass is 35.5. The van der Waals surface area contributed by atoms with Crippen LogP contribution in [0, 0.1) is 0 Å². The summed E-state index contributed by atoms with van der Waals surface area (Å²) in [6.07, 6.45) is 0.505. The highest BCUT2D eigenvalue weighted by Gasteiger charge is 2.19. The van der Waals surface area contributed by atoms with Crippen LogP contribution in [0.4, 0.5) is 0 Å². The number of nitrogens with zero attached hydrogens (tertiary/aromatic N) is 2. The third-order valence-corrected chi connectivity index (χ3v) is 4.08. The number of amides is 1. The van der Waals surface area contributed by atoms with Gasteiger partial charge >= 0.3 is 0 Å². The Kier molecular flexibility index (Phi) is 5.21. The Labute approximate surface area is 131 Å². The van der Waals surface area contributed by atoms with Gasteiger partial charge < -0.3 is 9.80 Å². The second-order valence-corrected chi connectivity index (χ2v) is 5.50. The van der Waals surface area contributed by atoms with Gasteiger partial charge in [0.05, 0.1) is 6.42 Å². The summed E-state index contributed by atoms with van der Waals surface area (Å²) in [4.78, 5) is 16.7. The number of rotatable bonds is 2. The van der Waals surface area contributed by atoms with Crippen molar-refractivity contribution in [2.24, 2.45) is 0 Å². The summed E-state index contributed by atoms with van der Waals surface area (Å²) >= 11 is 0. The van der Waals surface area contributed by atoms with Crippen LogP contribution in [0.2, 0.25) is 0 Å². The molecule has 0 aliphatic carbocycles. The van der Waals surface area contributed by atoms with Crippen LogP contribution in [-0.4, -0.2) is 48.9 Å². The lowest BCUT2D eigenvalue weighted by Gasteiger charge is -2.32. The lowest BCUT2D eigenvalue weighted by atomic mass is 10.0. The topological polar surface area (TPSA) is 23.6 Å². The van der Waals surface area contributed by atoms with Crippen molar-refractivity contribution in [3.63, 3.8) is 0 Å². The second kappa shape index (κ2) is 6.92. The van der Waals surface area contributed by atoms with Crippen molar-refractivity contribution in [1.29, 1.82) is 0 Å². The van der Waals surface area contributed by atoms with Gasteiger partial charge in [-0.2, -0.15) is 0 Å². The third kappa shape index (κ3) is 3.55. The zero-order valence-corrected chi connectivity index (χ0v) is 13.1. The molecule has 2 aromatic carbocycles. The molecule has 3 rings (SSSR count). The molecule has 0 unspecified atom stereocenters. The summed E-state index contributed by atoms with van der Waals surface area (Å²) in [7, 11) is 2.10. The summed E-state index contributed by atoms with van der Waals surface area (Å²) in [6, 6.07) is 14.5. The molecule has 21 heavy (non-hydrogen) atoms. The summed E-state index contributed by atoms with van der Waals surface area (Å²) in [5, 5.41) is 2.40. The molecule has 1 fully saturated rings. The van der Waals surface area contributed by atoms with Crippen molar-refractivity contribution in [1.82, 2.24) is 9.80 Å². The minimum absolute atomic E-state index is 0. The van der Waals surface area contributed by atoms with E-state index in [1.54, 1.807) is 0 Å². The summed E-state index contributed by atoms with van der Waals surface area (Å²) in [6.45, 7) is 3.64. The Morgan fingerprint density at radius 1 is 1.00 bits per heavy atom. The van der Waals surface area contributed by atoms with Crippen molar-refractivity contribution in [3.05, 3.63) is 48.0 Å². The lowest BCUT2D eigenvalue weighted by Crippen LogP contribution is -2.47. The van der Waals surface area contributed by atoms with Crippen LogP contribution >= 0.6 is 12.4 Å². The number of likely N-dealkylation sites (N-methyl/N-ethyl adjacent to an activating group) is 1. The van der Waals surface area contributed by atoms with Crippen molar-refractivity contribution in [3.8, 4) is 0 Å². The molecular formula is C17H21ClN2O. The first-order valence-corrected chi connectivity index (χ1v) is 7.17. The van der Waals surface area contributed by atoms with Gasteiger partial charge in [0.1, 0.15) is 0 Å². The Morgan fingerprint density at radius 2 is 1.67 bits per heavy atom. The Hall–Kier alpha value is -1.58. The molecule has 0 N–H and O–H groups in total. The van der Waals surface area contributed by atoms with E-state index in [-0.39, 0.29) is 18.3 Å². The smallest absolute Gasteiger partial charge is 0.227 e. The van der Waals surface area contributed by atoms with Gasteiger partial charge in [-0.3, -0.25) is 4.79 Å². The first kappa shape index (κ1) is 15.8. The number of hydrogen-bond acceptors (Lipinski definition) is 2. The Balaban J connectivity index is 0.00000161. The average molecular weight is 305 g/mol. The van der Waals surface area contributed by atoms with Gasteiger partial charge in [0, 0.05) is 26.2 Å². The number of halogens is 1. The molecule has 1 heterocycles. The fraction of sp³-hybridized carbons (Fsp3) is 0.353. The molecule has 0 radical (unpaired) electrons. The maximum Gasteiger partial charge on any atom is 0.227 e. The molecule has 1 aliphatic rings. The van der Waals surface area contributed by atoms with Gasteiger partial charge in [0.15, 0.2) is 0 Å². The lowest BCUT2D eigenvalue weighted by molar-refractivity contribution is -0.132. The number of carbonyl (C=O) groups is 1. The SMILES string of the molecule is CN1CCN(C(=O)Cc2cccc3ccccc23)CC1.Cl. The molecule has 0 aromatic heterocycles. The van der Waals surface area contributed by atoms with Crippen molar-refractivity contribution in [2.75, 3.05) is 33.2 Å². The van der Waals surface area contributed by atoms with Crippen molar-refractivity contribution < 1.29 is 4.79 Å². The minimum Gasteiger partial charge on any atom is -0.340 e. The molecule has 0 saturated carbocycles. The van der Waals surface area contributed by atoms with Crippen LogP contribution in [0.3, 0.4) is 0 Å². The number of carbonyl (C=O) groups excluding carboxylic acids is 1. The van der Waals surface area contributed by atoms with E-state index in [0.29, 0.717) is 6.42 Å². The van der Waals surface area contributed by atoms with Crippen LogP contribution in [0.15, 0.2) is 42.5 Å². The number of benzene rings is 2. The zero-order chi connectivity index (χ0) is 13.9. The normalized spacial score (nSPS) is 15.8. The zero-order valence-electron chi connectivity index (χ0n) is 12.3. The maximum atomic E-state index is 12.4. The van der Waals surface area contributed by atoms with E-state index in [1.165, 1.54) is 10.8 Å². The van der Waals surface area contributed by atoms with Gasteiger partial charge in [0.2, 0.25) is 5.91 Å². The molecule has 0 spiro atoms. The molecule has 3 nitrogen and oxygen atoms in total. The predicted octanol–water partition coefficient (Wildman–Crippen LogP) is 2.58. The monoisotopic (exact) mass is 304 g/mol. The molecule has 0 bridgehead atoms. The van der Waals surface area contributed by atoms with Crippen LogP contribution in [-0.2, 0) is 11.2 Å². The third-order valence-electron chi connectivity index (χ3n) is 4.08.